The Labute approximate surface area is 167 Å². The zero-order valence-electron chi connectivity index (χ0n) is 15.1. The first-order chi connectivity index (χ1) is 13.7. The molecule has 0 aliphatic carbocycles. The number of nitrogens with one attached hydrogen (secondary N) is 1. The number of para-hydroxylation sites is 1. The van der Waals surface area contributed by atoms with Crippen LogP contribution in [0.25, 0.3) is 11.1 Å². The fourth-order valence-corrected chi connectivity index (χ4v) is 5.32. The highest BCUT2D eigenvalue weighted by Crippen LogP contribution is 2.56. The van der Waals surface area contributed by atoms with E-state index in [1.807, 2.05) is 66.7 Å². The maximum atomic E-state index is 13.3. The first kappa shape index (κ1) is 17.1. The van der Waals surface area contributed by atoms with Gasteiger partial charge in [-0.2, -0.15) is 0 Å². The van der Waals surface area contributed by atoms with E-state index in [1.54, 1.807) is 4.90 Å². The number of fused-ring (bicyclic) bond motifs is 3. The molecule has 28 heavy (non-hydrogen) atoms. The van der Waals surface area contributed by atoms with Gasteiger partial charge in [-0.25, -0.2) is 0 Å². The molecule has 1 unspecified atom stereocenters. The second kappa shape index (κ2) is 6.53. The minimum absolute atomic E-state index is 0.00651. The third-order valence-electron chi connectivity index (χ3n) is 5.28. The van der Waals surface area contributed by atoms with E-state index in [0.29, 0.717) is 12.8 Å². The lowest BCUT2D eigenvalue weighted by Gasteiger charge is -2.29. The van der Waals surface area contributed by atoms with Crippen molar-refractivity contribution in [3.05, 3.63) is 78.9 Å². The van der Waals surface area contributed by atoms with Crippen LogP contribution in [0, 0.1) is 0 Å². The Bertz CT molecular complexity index is 1070. The van der Waals surface area contributed by atoms with Crippen molar-refractivity contribution in [1.82, 2.24) is 0 Å². The molecule has 2 aliphatic rings. The third-order valence-corrected chi connectivity index (χ3v) is 6.75. The Morgan fingerprint density at radius 2 is 1.57 bits per heavy atom. The number of benzene rings is 3. The fourth-order valence-electron chi connectivity index (χ4n) is 3.90. The van der Waals surface area contributed by atoms with Crippen LogP contribution in [0.3, 0.4) is 0 Å². The Morgan fingerprint density at radius 1 is 0.893 bits per heavy atom. The number of hydrogen-bond donors (Lipinski definition) is 1. The molecule has 0 spiro atoms. The molecule has 4 nitrogen and oxygen atoms in total. The monoisotopic (exact) mass is 386 g/mol. The second-order valence-electron chi connectivity index (χ2n) is 6.98. The molecule has 2 amide bonds. The van der Waals surface area contributed by atoms with Crippen LogP contribution in [-0.4, -0.2) is 16.7 Å². The number of nitrogens with zero attached hydrogens (tertiary/aromatic N) is 1. The smallest absolute Gasteiger partial charge is 0.261 e. The average molecular weight is 386 g/mol. The van der Waals surface area contributed by atoms with Crippen LogP contribution in [0.4, 0.5) is 11.4 Å². The molecule has 0 aromatic heterocycles. The molecule has 0 radical (unpaired) electrons. The second-order valence-corrected chi connectivity index (χ2v) is 8.30. The van der Waals surface area contributed by atoms with E-state index in [1.165, 1.54) is 11.8 Å². The molecular weight excluding hydrogens is 368 g/mol. The summed E-state index contributed by atoms with van der Waals surface area (Å²) in [5.74, 6) is -0.140. The third kappa shape index (κ3) is 2.62. The van der Waals surface area contributed by atoms with Gasteiger partial charge < -0.3 is 5.32 Å². The van der Waals surface area contributed by atoms with Crippen LogP contribution in [0.2, 0.25) is 0 Å². The highest BCUT2D eigenvalue weighted by Gasteiger charge is 2.57. The summed E-state index contributed by atoms with van der Waals surface area (Å²) in [5, 5.41) is 3.03. The van der Waals surface area contributed by atoms with Gasteiger partial charge in [-0.3, -0.25) is 14.5 Å². The van der Waals surface area contributed by atoms with Gasteiger partial charge in [0.15, 0.2) is 4.87 Å². The van der Waals surface area contributed by atoms with E-state index in [9.17, 15) is 9.59 Å². The molecule has 1 N–H and O–H groups in total. The van der Waals surface area contributed by atoms with E-state index in [2.05, 4.69) is 17.4 Å². The Morgan fingerprint density at radius 3 is 2.36 bits per heavy atom. The van der Waals surface area contributed by atoms with E-state index >= 15 is 0 Å². The molecule has 1 atom stereocenters. The lowest BCUT2D eigenvalue weighted by molar-refractivity contribution is -0.121. The van der Waals surface area contributed by atoms with Crippen LogP contribution < -0.4 is 10.2 Å². The molecule has 2 heterocycles. The summed E-state index contributed by atoms with van der Waals surface area (Å²) < 4.78 is 0. The Hall–Kier alpha value is -3.05. The zero-order chi connectivity index (χ0) is 19.1. The predicted octanol–water partition coefficient (Wildman–Crippen LogP) is 4.92. The van der Waals surface area contributed by atoms with Crippen LogP contribution in [-0.2, 0) is 9.59 Å². The maximum absolute atomic E-state index is 13.3. The number of thioether (sulfide) groups is 1. The number of anilines is 2. The summed E-state index contributed by atoms with van der Waals surface area (Å²) in [6, 6.07) is 25.6. The van der Waals surface area contributed by atoms with Crippen molar-refractivity contribution in [3.63, 3.8) is 0 Å². The summed E-state index contributed by atoms with van der Waals surface area (Å²) in [4.78, 5) is 27.5. The lowest BCUT2D eigenvalue weighted by Crippen LogP contribution is -2.49. The minimum atomic E-state index is -0.890. The molecule has 0 saturated carbocycles. The Balaban J connectivity index is 1.41. The molecular formula is C23H18N2O2S. The summed E-state index contributed by atoms with van der Waals surface area (Å²) in [6.45, 7) is 0. The van der Waals surface area contributed by atoms with Gasteiger partial charge in [-0.1, -0.05) is 66.4 Å². The van der Waals surface area contributed by atoms with Gasteiger partial charge in [-0.15, -0.1) is 0 Å². The highest BCUT2D eigenvalue weighted by atomic mass is 32.2. The molecule has 0 bridgehead atoms. The van der Waals surface area contributed by atoms with Crippen molar-refractivity contribution < 1.29 is 9.59 Å². The first-order valence-corrected chi connectivity index (χ1v) is 10.1. The molecule has 5 rings (SSSR count). The van der Waals surface area contributed by atoms with Crippen LogP contribution in [0.15, 0.2) is 83.8 Å². The Kier molecular flexibility index (Phi) is 3.98. The van der Waals surface area contributed by atoms with Crippen molar-refractivity contribution in [3.8, 4) is 11.1 Å². The molecule has 1 saturated heterocycles. The molecule has 5 heteroatoms. The summed E-state index contributed by atoms with van der Waals surface area (Å²) in [5.41, 5.74) is 3.80. The van der Waals surface area contributed by atoms with Crippen LogP contribution in [0.5, 0.6) is 0 Å². The van der Waals surface area contributed by atoms with Crippen LogP contribution in [0.1, 0.15) is 12.8 Å². The molecule has 3 aromatic carbocycles. The van der Waals surface area contributed by atoms with Gasteiger partial charge >= 0.3 is 0 Å². The quantitative estimate of drug-likeness (QED) is 0.695. The van der Waals surface area contributed by atoms with Crippen molar-refractivity contribution in [2.45, 2.75) is 22.6 Å². The SMILES string of the molecule is O=C1CCC2(C(=O)Nc3ccc(-c4ccccc4)cc3)Sc3ccccc3N12. The van der Waals surface area contributed by atoms with Crippen molar-refractivity contribution in [2.24, 2.45) is 0 Å². The number of amides is 2. The fraction of sp³-hybridized carbons (Fsp3) is 0.130. The summed E-state index contributed by atoms with van der Waals surface area (Å²) in [6.07, 6.45) is 0.904. The van der Waals surface area contributed by atoms with Gasteiger partial charge in [0.25, 0.3) is 5.91 Å². The highest BCUT2D eigenvalue weighted by molar-refractivity contribution is 8.02. The molecule has 1 fully saturated rings. The summed E-state index contributed by atoms with van der Waals surface area (Å²) in [7, 11) is 0. The van der Waals surface area contributed by atoms with Crippen LogP contribution >= 0.6 is 11.8 Å². The van der Waals surface area contributed by atoms with Gasteiger partial charge in [0.2, 0.25) is 5.91 Å². The number of hydrogen-bond acceptors (Lipinski definition) is 3. The van der Waals surface area contributed by atoms with E-state index in [-0.39, 0.29) is 11.8 Å². The normalized spacial score (nSPS) is 20.0. The molecule has 3 aromatic rings. The largest absolute Gasteiger partial charge is 0.323 e. The van der Waals surface area contributed by atoms with E-state index < -0.39 is 4.87 Å². The number of carbonyl (C=O) groups is 2. The van der Waals surface area contributed by atoms with Gasteiger partial charge in [0.1, 0.15) is 0 Å². The summed E-state index contributed by atoms with van der Waals surface area (Å²) >= 11 is 1.48. The first-order valence-electron chi connectivity index (χ1n) is 9.25. The van der Waals surface area contributed by atoms with Gasteiger partial charge in [0.05, 0.1) is 5.69 Å². The van der Waals surface area contributed by atoms with E-state index in [0.717, 1.165) is 27.4 Å². The van der Waals surface area contributed by atoms with E-state index in [4.69, 9.17) is 0 Å². The molecule has 138 valence electrons. The minimum Gasteiger partial charge on any atom is -0.323 e. The zero-order valence-corrected chi connectivity index (χ0v) is 15.9. The standard InChI is InChI=1S/C23H18N2O2S/c26-21-14-15-23(25(21)19-8-4-5-9-20(19)28-23)22(27)24-18-12-10-17(11-13-18)16-6-2-1-3-7-16/h1-13H,14-15H2,(H,24,27). The number of carbonyl (C=O) groups excluding carboxylic acids is 2. The van der Waals surface area contributed by atoms with Crippen molar-refractivity contribution >= 4 is 35.0 Å². The topological polar surface area (TPSA) is 49.4 Å². The van der Waals surface area contributed by atoms with Gasteiger partial charge in [-0.05, 0) is 41.8 Å². The predicted molar refractivity (Wildman–Crippen MR) is 112 cm³/mol. The van der Waals surface area contributed by atoms with Crippen molar-refractivity contribution in [2.75, 3.05) is 10.2 Å². The maximum Gasteiger partial charge on any atom is 0.261 e. The van der Waals surface area contributed by atoms with Crippen molar-refractivity contribution in [1.29, 1.82) is 0 Å². The number of rotatable bonds is 3. The lowest BCUT2D eigenvalue weighted by atomic mass is 10.1. The van der Waals surface area contributed by atoms with Gasteiger partial charge in [0, 0.05) is 17.0 Å². The molecule has 2 aliphatic heterocycles. The average Bonchev–Trinajstić information content (AvgIpc) is 3.25.